The fourth-order valence-electron chi connectivity index (χ4n) is 9.85. The molecule has 17 heteroatoms. The van der Waals surface area contributed by atoms with Crippen molar-refractivity contribution in [2.24, 2.45) is 0 Å². The first-order valence-electron chi connectivity index (χ1n) is 21.6. The zero-order valence-corrected chi connectivity index (χ0v) is 36.0. The van der Waals surface area contributed by atoms with Crippen LogP contribution in [0.25, 0.3) is 27.6 Å². The number of nitrogens with one attached hydrogen (secondary N) is 2. The molecule has 4 aliphatic heterocycles. The highest BCUT2D eigenvalue weighted by Gasteiger charge is 2.51. The summed E-state index contributed by atoms with van der Waals surface area (Å²) in [5.74, 6) is -4.81. The van der Waals surface area contributed by atoms with E-state index in [0.29, 0.717) is 56.7 Å². The molecule has 2 saturated heterocycles. The number of aryl methyl sites for hydroxylation is 1. The van der Waals surface area contributed by atoms with Gasteiger partial charge in [-0.25, -0.2) is 13.2 Å². The first-order valence-corrected chi connectivity index (χ1v) is 21.6. The molecule has 3 aromatic carbocycles. The molecule has 0 aliphatic carbocycles. The number of carbonyl (C=O) groups excluding carboxylic acids is 5. The summed E-state index contributed by atoms with van der Waals surface area (Å²) in [6.45, 7) is 5.46. The Labute approximate surface area is 367 Å². The van der Waals surface area contributed by atoms with E-state index in [-0.39, 0.29) is 88.3 Å². The molecule has 0 bridgehead atoms. The van der Waals surface area contributed by atoms with E-state index in [9.17, 15) is 24.0 Å². The third-order valence-electron chi connectivity index (χ3n) is 13.2. The molecule has 2 N–H and O–H groups in total. The molecule has 5 aromatic rings. The quantitative estimate of drug-likeness (QED) is 0.169. The topological polar surface area (TPSA) is 157 Å². The van der Waals surface area contributed by atoms with E-state index < -0.39 is 40.7 Å². The van der Waals surface area contributed by atoms with E-state index in [4.69, 9.17) is 0 Å². The van der Waals surface area contributed by atoms with Crippen molar-refractivity contribution in [2.45, 2.75) is 76.3 Å². The molecule has 64 heavy (non-hydrogen) atoms. The number of H-pyrrole nitrogens is 1. The molecule has 5 amide bonds. The third-order valence-corrected chi connectivity index (χ3v) is 13.2. The van der Waals surface area contributed by atoms with Crippen LogP contribution in [0.15, 0.2) is 60.9 Å². The van der Waals surface area contributed by atoms with Gasteiger partial charge in [0.15, 0.2) is 17.5 Å². The van der Waals surface area contributed by atoms with Gasteiger partial charge in [-0.3, -0.25) is 38.9 Å². The number of amides is 5. The smallest absolute Gasteiger partial charge is 0.269 e. The van der Waals surface area contributed by atoms with Gasteiger partial charge in [-0.15, -0.1) is 5.10 Å². The Morgan fingerprint density at radius 1 is 0.906 bits per heavy atom. The lowest BCUT2D eigenvalue weighted by atomic mass is 9.83. The number of fused-ring (bicyclic) bond motifs is 2. The molecule has 2 aromatic heterocycles. The number of aromatic amines is 1. The minimum absolute atomic E-state index is 0.0398. The van der Waals surface area contributed by atoms with Gasteiger partial charge in [-0.2, -0.15) is 0 Å². The maximum atomic E-state index is 16.7. The van der Waals surface area contributed by atoms with Gasteiger partial charge in [0.05, 0.1) is 29.4 Å². The monoisotopic (exact) mass is 875 g/mol. The van der Waals surface area contributed by atoms with Crippen LogP contribution in [0.4, 0.5) is 24.5 Å². The number of imide groups is 1. The van der Waals surface area contributed by atoms with Crippen molar-refractivity contribution in [2.75, 3.05) is 50.1 Å². The van der Waals surface area contributed by atoms with Gasteiger partial charge in [0.2, 0.25) is 23.6 Å². The van der Waals surface area contributed by atoms with Crippen LogP contribution in [0, 0.1) is 17.5 Å². The predicted molar refractivity (Wildman–Crippen MR) is 233 cm³/mol. The summed E-state index contributed by atoms with van der Waals surface area (Å²) in [5.41, 5.74) is 2.21. The van der Waals surface area contributed by atoms with Crippen LogP contribution < -0.4 is 15.1 Å². The normalized spacial score (nSPS) is 19.0. The first-order chi connectivity index (χ1) is 30.6. The molecule has 6 heterocycles. The molecule has 1 atom stereocenters. The molecule has 9 rings (SSSR count). The number of aromatic nitrogens is 4. The molecular weight excluding hydrogens is 828 g/mol. The van der Waals surface area contributed by atoms with Gasteiger partial charge in [-0.1, -0.05) is 29.5 Å². The SMILES string of the molecule is CN(C)C(=O)c1cc2c(-c3ccc(C4CCN(c5cccc6c5C(C)(C)C(=O)N6C5CCC(=O)NC5=O)CC4)c(F)c3F)cc(C3=CCCN(C(=O)CCn4ccnn4)C3)c(F)c2[nH]1. The van der Waals surface area contributed by atoms with Crippen molar-refractivity contribution < 1.29 is 37.1 Å². The van der Waals surface area contributed by atoms with Crippen molar-refractivity contribution in [3.8, 4) is 11.1 Å². The Morgan fingerprint density at radius 3 is 2.39 bits per heavy atom. The van der Waals surface area contributed by atoms with Crippen molar-refractivity contribution in [1.29, 1.82) is 0 Å². The second kappa shape index (κ2) is 16.4. The van der Waals surface area contributed by atoms with Crippen molar-refractivity contribution in [3.63, 3.8) is 0 Å². The highest BCUT2D eigenvalue weighted by Crippen LogP contribution is 2.49. The number of carbonyl (C=O) groups is 5. The Morgan fingerprint density at radius 2 is 1.67 bits per heavy atom. The maximum Gasteiger partial charge on any atom is 0.269 e. The lowest BCUT2D eigenvalue weighted by Crippen LogP contribution is -2.55. The van der Waals surface area contributed by atoms with Crippen molar-refractivity contribution >= 4 is 57.4 Å². The molecule has 0 radical (unpaired) electrons. The highest BCUT2D eigenvalue weighted by molar-refractivity contribution is 6.15. The maximum absolute atomic E-state index is 16.7. The highest BCUT2D eigenvalue weighted by atomic mass is 19.2. The fourth-order valence-corrected chi connectivity index (χ4v) is 9.85. The van der Waals surface area contributed by atoms with E-state index in [1.165, 1.54) is 34.2 Å². The zero-order chi connectivity index (χ0) is 45.2. The minimum Gasteiger partial charge on any atom is -0.371 e. The van der Waals surface area contributed by atoms with E-state index in [2.05, 4.69) is 25.5 Å². The number of hydrogen-bond acceptors (Lipinski definition) is 8. The summed E-state index contributed by atoms with van der Waals surface area (Å²) in [4.78, 5) is 74.6. The Balaban J connectivity index is 0.994. The van der Waals surface area contributed by atoms with Crippen LogP contribution in [-0.2, 0) is 31.1 Å². The number of nitrogens with zero attached hydrogens (tertiary/aromatic N) is 7. The lowest BCUT2D eigenvalue weighted by molar-refractivity contribution is -0.136. The summed E-state index contributed by atoms with van der Waals surface area (Å²) in [6.07, 6.45) is 6.95. The molecule has 1 unspecified atom stereocenters. The van der Waals surface area contributed by atoms with Crippen molar-refractivity contribution in [3.05, 3.63) is 101 Å². The summed E-state index contributed by atoms with van der Waals surface area (Å²) in [7, 11) is 3.11. The average molecular weight is 876 g/mol. The predicted octanol–water partition coefficient (Wildman–Crippen LogP) is 6.06. The van der Waals surface area contributed by atoms with E-state index in [0.717, 1.165) is 11.3 Å². The molecule has 4 aliphatic rings. The number of anilines is 2. The van der Waals surface area contributed by atoms with Gasteiger partial charge in [0.1, 0.15) is 11.7 Å². The number of benzene rings is 3. The Kier molecular flexibility index (Phi) is 10.9. The van der Waals surface area contributed by atoms with E-state index in [1.54, 1.807) is 35.9 Å². The fraction of sp³-hybridized carbons (Fsp3) is 0.383. The van der Waals surface area contributed by atoms with Crippen molar-refractivity contribution in [1.82, 2.24) is 35.1 Å². The minimum atomic E-state index is -1.10. The van der Waals surface area contributed by atoms with Crippen LogP contribution in [-0.4, -0.2) is 106 Å². The van der Waals surface area contributed by atoms with Gasteiger partial charge in [-0.05, 0) is 86.4 Å². The summed E-state index contributed by atoms with van der Waals surface area (Å²) < 4.78 is 51.5. The summed E-state index contributed by atoms with van der Waals surface area (Å²) >= 11 is 0. The number of piperidine rings is 2. The second-order valence-electron chi connectivity index (χ2n) is 17.7. The molecule has 14 nitrogen and oxygen atoms in total. The second-order valence-corrected chi connectivity index (χ2v) is 17.7. The largest absolute Gasteiger partial charge is 0.371 e. The first kappa shape index (κ1) is 42.5. The average Bonchev–Trinajstić information content (AvgIpc) is 4.03. The zero-order valence-electron chi connectivity index (χ0n) is 36.0. The van der Waals surface area contributed by atoms with Gasteiger partial charge < -0.3 is 19.7 Å². The lowest BCUT2D eigenvalue weighted by Gasteiger charge is -2.36. The third kappa shape index (κ3) is 7.29. The van der Waals surface area contributed by atoms with Crippen LogP contribution in [0.1, 0.15) is 85.5 Å². The van der Waals surface area contributed by atoms with Crippen LogP contribution in [0.2, 0.25) is 0 Å². The van der Waals surface area contributed by atoms with Gasteiger partial charge in [0, 0.05) is 87.1 Å². The number of halogens is 3. The van der Waals surface area contributed by atoms with Gasteiger partial charge >= 0.3 is 0 Å². The van der Waals surface area contributed by atoms with E-state index in [1.807, 2.05) is 38.1 Å². The molecule has 0 spiro atoms. The van der Waals surface area contributed by atoms with E-state index >= 15 is 13.2 Å². The van der Waals surface area contributed by atoms with Crippen LogP contribution >= 0.6 is 0 Å². The summed E-state index contributed by atoms with van der Waals surface area (Å²) in [6, 6.07) is 10.8. The number of rotatable bonds is 9. The Bertz CT molecular complexity index is 2770. The van der Waals surface area contributed by atoms with Crippen LogP contribution in [0.3, 0.4) is 0 Å². The summed E-state index contributed by atoms with van der Waals surface area (Å²) in [5, 5.41) is 10.3. The molecule has 2 fully saturated rings. The number of hydrogen-bond donors (Lipinski definition) is 2. The standard InChI is InChI=1S/C47H48F3N9O5/c1-47(2)39-34(8-5-9-35(39)59(46(47)64)36-12-13-37(60)53-44(36)62)56-19-14-26(15-20-56)28-10-11-29(41(49)40(28)48)31-23-30(42(50)43-32(31)24-33(52-43)45(63)55(3)4)27-7-6-18-57(25-27)38(61)16-21-58-22-17-51-54-58/h5,7-11,17,22-24,26,36,52H,6,12-16,18-21,25H2,1-4H3,(H,53,60,62). The van der Waals surface area contributed by atoms with Crippen LogP contribution in [0.5, 0.6) is 0 Å². The Hall–Kier alpha value is -6.78. The van der Waals surface area contributed by atoms with Gasteiger partial charge in [0.25, 0.3) is 5.91 Å². The molecule has 0 saturated carbocycles. The molecule has 332 valence electrons. The molecular formula is C47H48F3N9O5.